The first-order valence-corrected chi connectivity index (χ1v) is 10.1. The lowest BCUT2D eigenvalue weighted by Crippen LogP contribution is -2.43. The van der Waals surface area contributed by atoms with Gasteiger partial charge in [-0.25, -0.2) is 13.1 Å². The first kappa shape index (κ1) is 22.6. The van der Waals surface area contributed by atoms with Crippen LogP contribution in [-0.4, -0.2) is 44.1 Å². The molecule has 10 heteroatoms. The Morgan fingerprint density at radius 3 is 2.26 bits per heavy atom. The predicted octanol–water partition coefficient (Wildman–Crippen LogP) is 0.764. The fourth-order valence-corrected chi connectivity index (χ4v) is 3.42. The molecule has 0 aliphatic heterocycles. The standard InChI is InChI=1S/C17H25N3O6S/c1-4-5-10-27(24,25)20-11(2)17(23)26-12(3)16(22)19-14-8-6-13(7-9-14)15(18)21/h6-9,11-12,20H,4-5,10H2,1-3H3,(H2,18,21)(H,19,22)/t11-,12-/m0/s1. The molecule has 0 saturated carbocycles. The van der Waals surface area contributed by atoms with Crippen LogP contribution in [0.5, 0.6) is 0 Å². The zero-order valence-electron chi connectivity index (χ0n) is 15.5. The van der Waals surface area contributed by atoms with Gasteiger partial charge in [-0.15, -0.1) is 0 Å². The van der Waals surface area contributed by atoms with E-state index in [1.807, 2.05) is 6.92 Å². The molecule has 0 heterocycles. The van der Waals surface area contributed by atoms with Gasteiger partial charge in [0.15, 0.2) is 6.10 Å². The topological polar surface area (TPSA) is 145 Å². The lowest BCUT2D eigenvalue weighted by atomic mass is 10.2. The van der Waals surface area contributed by atoms with Crippen molar-refractivity contribution < 1.29 is 27.5 Å². The van der Waals surface area contributed by atoms with Crippen molar-refractivity contribution in [2.24, 2.45) is 5.73 Å². The molecule has 0 saturated heterocycles. The second-order valence-corrected chi connectivity index (χ2v) is 7.90. The minimum absolute atomic E-state index is 0.0849. The highest BCUT2D eigenvalue weighted by atomic mass is 32.2. The molecular formula is C17H25N3O6S. The molecule has 9 nitrogen and oxygen atoms in total. The van der Waals surface area contributed by atoms with Gasteiger partial charge in [-0.3, -0.25) is 14.4 Å². The number of amides is 2. The van der Waals surface area contributed by atoms with E-state index in [-0.39, 0.29) is 11.3 Å². The molecule has 2 atom stereocenters. The normalized spacial score (nSPS) is 13.4. The lowest BCUT2D eigenvalue weighted by Gasteiger charge is -2.17. The van der Waals surface area contributed by atoms with Crippen LogP contribution in [0.25, 0.3) is 0 Å². The summed E-state index contributed by atoms with van der Waals surface area (Å²) in [5, 5.41) is 2.52. The molecular weight excluding hydrogens is 374 g/mol. The van der Waals surface area contributed by atoms with E-state index < -0.39 is 40.0 Å². The average Bonchev–Trinajstić information content (AvgIpc) is 2.59. The van der Waals surface area contributed by atoms with E-state index in [0.717, 1.165) is 0 Å². The Labute approximate surface area is 158 Å². The highest BCUT2D eigenvalue weighted by molar-refractivity contribution is 7.89. The number of rotatable bonds is 10. The molecule has 1 aromatic rings. The summed E-state index contributed by atoms with van der Waals surface area (Å²) in [5.74, 6) is -2.14. The second-order valence-electron chi connectivity index (χ2n) is 6.02. The van der Waals surface area contributed by atoms with Crippen LogP contribution >= 0.6 is 0 Å². The Balaban J connectivity index is 2.58. The third kappa shape index (κ3) is 7.75. The number of carbonyl (C=O) groups is 3. The zero-order valence-corrected chi connectivity index (χ0v) is 16.3. The molecule has 0 radical (unpaired) electrons. The Morgan fingerprint density at radius 1 is 1.15 bits per heavy atom. The summed E-state index contributed by atoms with van der Waals surface area (Å²) in [7, 11) is -3.59. The number of anilines is 1. The van der Waals surface area contributed by atoms with E-state index in [4.69, 9.17) is 10.5 Å². The summed E-state index contributed by atoms with van der Waals surface area (Å²) in [6.45, 7) is 4.57. The van der Waals surface area contributed by atoms with Gasteiger partial charge in [0.2, 0.25) is 15.9 Å². The maximum absolute atomic E-state index is 12.1. The maximum Gasteiger partial charge on any atom is 0.324 e. The van der Waals surface area contributed by atoms with Gasteiger partial charge in [-0.1, -0.05) is 13.3 Å². The quantitative estimate of drug-likeness (QED) is 0.495. The molecule has 27 heavy (non-hydrogen) atoms. The van der Waals surface area contributed by atoms with E-state index in [1.54, 1.807) is 0 Å². The molecule has 0 aromatic heterocycles. The van der Waals surface area contributed by atoms with Gasteiger partial charge in [0.05, 0.1) is 5.75 Å². The van der Waals surface area contributed by atoms with Crippen LogP contribution in [-0.2, 0) is 24.3 Å². The minimum atomic E-state index is -3.59. The molecule has 2 amide bonds. The Morgan fingerprint density at radius 2 is 1.74 bits per heavy atom. The van der Waals surface area contributed by atoms with Gasteiger partial charge in [-0.2, -0.15) is 0 Å². The van der Waals surface area contributed by atoms with Crippen molar-refractivity contribution in [3.63, 3.8) is 0 Å². The largest absolute Gasteiger partial charge is 0.451 e. The van der Waals surface area contributed by atoms with Crippen molar-refractivity contribution in [1.82, 2.24) is 4.72 Å². The van der Waals surface area contributed by atoms with E-state index in [0.29, 0.717) is 18.5 Å². The fraction of sp³-hybridized carbons (Fsp3) is 0.471. The van der Waals surface area contributed by atoms with Gasteiger partial charge in [0, 0.05) is 11.3 Å². The van der Waals surface area contributed by atoms with E-state index in [9.17, 15) is 22.8 Å². The van der Waals surface area contributed by atoms with Crippen molar-refractivity contribution in [3.8, 4) is 0 Å². The highest BCUT2D eigenvalue weighted by Crippen LogP contribution is 2.10. The van der Waals surface area contributed by atoms with Gasteiger partial charge >= 0.3 is 5.97 Å². The number of benzene rings is 1. The lowest BCUT2D eigenvalue weighted by molar-refractivity contribution is -0.154. The molecule has 150 valence electrons. The molecule has 0 aliphatic carbocycles. The van der Waals surface area contributed by atoms with Crippen LogP contribution in [0.1, 0.15) is 44.0 Å². The SMILES string of the molecule is CCCCS(=O)(=O)N[C@@H](C)C(=O)O[C@@H](C)C(=O)Nc1ccc(C(N)=O)cc1. The van der Waals surface area contributed by atoms with Crippen molar-refractivity contribution in [2.45, 2.75) is 45.8 Å². The predicted molar refractivity (Wildman–Crippen MR) is 100 cm³/mol. The Hall–Kier alpha value is -2.46. The molecule has 0 spiro atoms. The van der Waals surface area contributed by atoms with Gasteiger partial charge in [0.1, 0.15) is 6.04 Å². The number of sulfonamides is 1. The van der Waals surface area contributed by atoms with Crippen LogP contribution in [0.3, 0.4) is 0 Å². The van der Waals surface area contributed by atoms with Crippen LogP contribution in [0.15, 0.2) is 24.3 Å². The smallest absolute Gasteiger partial charge is 0.324 e. The zero-order chi connectivity index (χ0) is 20.6. The first-order valence-electron chi connectivity index (χ1n) is 8.47. The first-order chi connectivity index (χ1) is 12.6. The molecule has 4 N–H and O–H groups in total. The summed E-state index contributed by atoms with van der Waals surface area (Å²) in [5.41, 5.74) is 5.81. The molecule has 1 rings (SSSR count). The van der Waals surface area contributed by atoms with Gasteiger partial charge < -0.3 is 15.8 Å². The van der Waals surface area contributed by atoms with Crippen LogP contribution in [0, 0.1) is 0 Å². The maximum atomic E-state index is 12.1. The summed E-state index contributed by atoms with van der Waals surface area (Å²) in [4.78, 5) is 35.1. The van der Waals surface area contributed by atoms with E-state index in [1.165, 1.54) is 38.1 Å². The molecule has 0 fully saturated rings. The van der Waals surface area contributed by atoms with E-state index >= 15 is 0 Å². The molecule has 1 aromatic carbocycles. The second kappa shape index (κ2) is 10.0. The van der Waals surface area contributed by atoms with Crippen LogP contribution < -0.4 is 15.8 Å². The number of unbranched alkanes of at least 4 members (excludes halogenated alkanes) is 1. The van der Waals surface area contributed by atoms with Crippen molar-refractivity contribution >= 4 is 33.5 Å². The Kier molecular flexibility index (Phi) is 8.38. The van der Waals surface area contributed by atoms with Crippen molar-refractivity contribution in [3.05, 3.63) is 29.8 Å². The summed E-state index contributed by atoms with van der Waals surface area (Å²) in [6, 6.07) is 4.74. The number of carbonyl (C=O) groups excluding carboxylic acids is 3. The van der Waals surface area contributed by atoms with Crippen molar-refractivity contribution in [1.29, 1.82) is 0 Å². The Bertz CT molecular complexity index is 776. The average molecular weight is 399 g/mol. The number of primary amides is 1. The summed E-state index contributed by atoms with van der Waals surface area (Å²) >= 11 is 0. The number of ether oxygens (including phenoxy) is 1. The van der Waals surface area contributed by atoms with Gasteiger partial charge in [-0.05, 0) is 44.5 Å². The minimum Gasteiger partial charge on any atom is -0.451 e. The fourth-order valence-electron chi connectivity index (χ4n) is 2.00. The number of nitrogens with one attached hydrogen (secondary N) is 2. The summed E-state index contributed by atoms with van der Waals surface area (Å²) in [6.07, 6.45) is 0.0397. The number of hydrogen-bond donors (Lipinski definition) is 3. The van der Waals surface area contributed by atoms with Crippen LogP contribution in [0.2, 0.25) is 0 Å². The van der Waals surface area contributed by atoms with Gasteiger partial charge in [0.25, 0.3) is 5.91 Å². The third-order valence-electron chi connectivity index (χ3n) is 3.58. The van der Waals surface area contributed by atoms with Crippen molar-refractivity contribution in [2.75, 3.05) is 11.1 Å². The number of esters is 1. The third-order valence-corrected chi connectivity index (χ3v) is 5.11. The van der Waals surface area contributed by atoms with E-state index in [2.05, 4.69) is 10.0 Å². The number of hydrogen-bond acceptors (Lipinski definition) is 6. The highest BCUT2D eigenvalue weighted by Gasteiger charge is 2.25. The molecule has 0 bridgehead atoms. The monoisotopic (exact) mass is 399 g/mol. The molecule has 0 unspecified atom stereocenters. The molecule has 0 aliphatic rings. The summed E-state index contributed by atoms with van der Waals surface area (Å²) < 4.78 is 30.8. The number of nitrogens with two attached hydrogens (primary N) is 1. The van der Waals surface area contributed by atoms with Crippen LogP contribution in [0.4, 0.5) is 5.69 Å².